The topological polar surface area (TPSA) is 43.4 Å². The molecule has 0 bridgehead atoms. The summed E-state index contributed by atoms with van der Waals surface area (Å²) in [6.45, 7) is 4.58. The van der Waals surface area contributed by atoms with Crippen molar-refractivity contribution in [2.75, 3.05) is 6.61 Å². The number of hydrogen-bond acceptors (Lipinski definition) is 3. The Bertz CT molecular complexity index is 510. The summed E-state index contributed by atoms with van der Waals surface area (Å²) in [5.74, 6) is 0. The maximum absolute atomic E-state index is 14.0. The summed E-state index contributed by atoms with van der Waals surface area (Å²) in [5, 5.41) is 0. The van der Waals surface area contributed by atoms with Gasteiger partial charge in [-0.3, -0.25) is 4.18 Å². The Hall–Kier alpha value is -0.160. The average molecular weight is 521 g/mol. The van der Waals surface area contributed by atoms with E-state index in [4.69, 9.17) is 4.18 Å². The number of rotatable bonds is 29. The molecule has 0 aromatic heterocycles. The molecule has 0 aliphatic rings. The van der Waals surface area contributed by atoms with Crippen LogP contribution >= 0.6 is 0 Å². The summed E-state index contributed by atoms with van der Waals surface area (Å²) in [5.41, 5.74) is -1.87. The van der Waals surface area contributed by atoms with E-state index in [9.17, 15) is 12.8 Å². The molecule has 0 amide bonds. The lowest BCUT2D eigenvalue weighted by atomic mass is 10.0. The highest BCUT2D eigenvalue weighted by molar-refractivity contribution is 7.87. The van der Waals surface area contributed by atoms with Crippen molar-refractivity contribution in [3.05, 3.63) is 0 Å². The molecule has 0 spiro atoms. The van der Waals surface area contributed by atoms with E-state index >= 15 is 0 Å². The van der Waals surface area contributed by atoms with Crippen LogP contribution in [0.3, 0.4) is 0 Å². The van der Waals surface area contributed by atoms with Crippen LogP contribution in [0.1, 0.15) is 181 Å². The molecular weight excluding hydrogens is 459 g/mol. The molecule has 1 unspecified atom stereocenters. The molecule has 5 heteroatoms. The van der Waals surface area contributed by atoms with E-state index in [-0.39, 0.29) is 13.0 Å². The van der Waals surface area contributed by atoms with Crippen molar-refractivity contribution < 1.29 is 17.0 Å². The fourth-order valence-corrected chi connectivity index (χ4v) is 5.61. The summed E-state index contributed by atoms with van der Waals surface area (Å²) in [4.78, 5) is 0. The second kappa shape index (κ2) is 26.9. The summed E-state index contributed by atoms with van der Waals surface area (Å²) in [7, 11) is -4.05. The first-order valence-corrected chi connectivity index (χ1v) is 17.0. The van der Waals surface area contributed by atoms with Gasteiger partial charge in [0.1, 0.15) is 0 Å². The van der Waals surface area contributed by atoms with Crippen LogP contribution in [0, 0.1) is 0 Å². The molecular formula is C30H61FO3S. The lowest BCUT2D eigenvalue weighted by Gasteiger charge is -2.10. The van der Waals surface area contributed by atoms with E-state index in [0.717, 1.165) is 32.1 Å². The normalized spacial score (nSPS) is 12.9. The van der Waals surface area contributed by atoms with Crippen molar-refractivity contribution in [2.24, 2.45) is 0 Å². The quantitative estimate of drug-likeness (QED) is 0.0727. The van der Waals surface area contributed by atoms with E-state index < -0.39 is 15.6 Å². The molecule has 0 aliphatic carbocycles. The number of unbranched alkanes of at least 4 members (excludes halogenated alkanes) is 23. The molecule has 212 valence electrons. The Labute approximate surface area is 219 Å². The molecule has 0 fully saturated rings. The molecule has 35 heavy (non-hydrogen) atoms. The largest absolute Gasteiger partial charge is 0.299 e. The fraction of sp³-hybridized carbons (Fsp3) is 1.00. The lowest BCUT2D eigenvalue weighted by Crippen LogP contribution is -2.19. The highest BCUT2D eigenvalue weighted by Gasteiger charge is 2.25. The van der Waals surface area contributed by atoms with Gasteiger partial charge in [0, 0.05) is 0 Å². The van der Waals surface area contributed by atoms with Gasteiger partial charge in [0.25, 0.3) is 10.1 Å². The predicted molar refractivity (Wildman–Crippen MR) is 151 cm³/mol. The third kappa shape index (κ3) is 25.3. The van der Waals surface area contributed by atoms with E-state index in [0.29, 0.717) is 12.8 Å². The lowest BCUT2D eigenvalue weighted by molar-refractivity contribution is 0.270. The first-order valence-electron chi connectivity index (χ1n) is 15.6. The second-order valence-electron chi connectivity index (χ2n) is 10.6. The van der Waals surface area contributed by atoms with Crippen molar-refractivity contribution in [1.29, 1.82) is 0 Å². The van der Waals surface area contributed by atoms with Crippen LogP contribution in [0.2, 0.25) is 0 Å². The van der Waals surface area contributed by atoms with Gasteiger partial charge in [-0.15, -0.1) is 0 Å². The van der Waals surface area contributed by atoms with Crippen LogP contribution < -0.4 is 0 Å². The summed E-state index contributed by atoms with van der Waals surface area (Å²) in [6.07, 6.45) is 30.8. The van der Waals surface area contributed by atoms with Crippen LogP contribution in [0.15, 0.2) is 0 Å². The minimum atomic E-state index is -4.05. The van der Waals surface area contributed by atoms with Gasteiger partial charge >= 0.3 is 0 Å². The van der Waals surface area contributed by atoms with E-state index in [1.807, 2.05) is 0 Å². The summed E-state index contributed by atoms with van der Waals surface area (Å²) < 4.78 is 42.8. The van der Waals surface area contributed by atoms with E-state index in [2.05, 4.69) is 13.8 Å². The van der Waals surface area contributed by atoms with Gasteiger partial charge in [-0.1, -0.05) is 162 Å². The Morgan fingerprint density at radius 1 is 0.486 bits per heavy atom. The van der Waals surface area contributed by atoms with Gasteiger partial charge in [0.2, 0.25) is 5.50 Å². The highest BCUT2D eigenvalue weighted by Crippen LogP contribution is 2.18. The van der Waals surface area contributed by atoms with Crippen LogP contribution in [-0.2, 0) is 14.3 Å². The molecule has 0 radical (unpaired) electrons. The Morgan fingerprint density at radius 3 is 1.11 bits per heavy atom. The molecule has 1 atom stereocenters. The van der Waals surface area contributed by atoms with Gasteiger partial charge < -0.3 is 0 Å². The van der Waals surface area contributed by atoms with Gasteiger partial charge in [-0.2, -0.15) is 8.42 Å². The first-order chi connectivity index (χ1) is 17.0. The average Bonchev–Trinajstić information content (AvgIpc) is 2.84. The zero-order valence-corrected chi connectivity index (χ0v) is 24.5. The second-order valence-corrected chi connectivity index (χ2v) is 12.4. The maximum atomic E-state index is 14.0. The molecule has 0 saturated carbocycles. The monoisotopic (exact) mass is 520 g/mol. The first kappa shape index (κ1) is 34.8. The van der Waals surface area contributed by atoms with E-state index in [1.165, 1.54) is 116 Å². The molecule has 0 saturated heterocycles. The van der Waals surface area contributed by atoms with Crippen molar-refractivity contribution in [3.8, 4) is 0 Å². The van der Waals surface area contributed by atoms with Crippen LogP contribution in [0.25, 0.3) is 0 Å². The number of alkyl halides is 1. The predicted octanol–water partition coefficient (Wildman–Crippen LogP) is 10.8. The van der Waals surface area contributed by atoms with Gasteiger partial charge in [-0.05, 0) is 19.3 Å². The van der Waals surface area contributed by atoms with Crippen molar-refractivity contribution in [2.45, 2.75) is 186 Å². The Balaban J connectivity index is 3.37. The fourth-order valence-electron chi connectivity index (χ4n) is 4.66. The molecule has 3 nitrogen and oxygen atoms in total. The van der Waals surface area contributed by atoms with Crippen LogP contribution in [0.5, 0.6) is 0 Å². The van der Waals surface area contributed by atoms with Gasteiger partial charge in [0.05, 0.1) is 6.61 Å². The van der Waals surface area contributed by atoms with E-state index in [1.54, 1.807) is 0 Å². The zero-order valence-electron chi connectivity index (χ0n) is 23.7. The van der Waals surface area contributed by atoms with Gasteiger partial charge in [0.15, 0.2) is 0 Å². The number of halogens is 1. The van der Waals surface area contributed by atoms with Crippen LogP contribution in [-0.4, -0.2) is 20.5 Å². The van der Waals surface area contributed by atoms with Gasteiger partial charge in [-0.25, -0.2) is 4.39 Å². The molecule has 0 aliphatic heterocycles. The van der Waals surface area contributed by atoms with Crippen LogP contribution in [0.4, 0.5) is 4.39 Å². The number of hydrogen-bond donors (Lipinski definition) is 0. The molecule has 0 aromatic carbocycles. The molecule has 0 aromatic rings. The standard InChI is InChI=1S/C30H61FO3S/c1-3-5-7-9-11-12-13-14-15-16-17-18-19-20-21-23-25-27-29-34-35(32,33)30(31)28-26-24-22-10-8-6-4-2/h30H,3-29H2,1-2H3. The summed E-state index contributed by atoms with van der Waals surface area (Å²) in [6, 6.07) is 0. The SMILES string of the molecule is CCCCCCCCCCCCCCCCCCCCOS(=O)(=O)C(F)CCCCCCCCC. The third-order valence-electron chi connectivity index (χ3n) is 7.09. The molecule has 0 heterocycles. The van der Waals surface area contributed by atoms with Crippen molar-refractivity contribution in [1.82, 2.24) is 0 Å². The van der Waals surface area contributed by atoms with Crippen molar-refractivity contribution in [3.63, 3.8) is 0 Å². The highest BCUT2D eigenvalue weighted by atomic mass is 32.2. The third-order valence-corrected chi connectivity index (χ3v) is 8.45. The minimum absolute atomic E-state index is 0.0647. The summed E-state index contributed by atoms with van der Waals surface area (Å²) >= 11 is 0. The Morgan fingerprint density at radius 2 is 0.771 bits per heavy atom. The minimum Gasteiger partial charge on any atom is -0.268 e. The Kier molecular flexibility index (Phi) is 26.8. The molecule has 0 N–H and O–H groups in total. The zero-order chi connectivity index (χ0) is 25.9. The smallest absolute Gasteiger partial charge is 0.268 e. The molecule has 0 rings (SSSR count). The maximum Gasteiger partial charge on any atom is 0.299 e. The van der Waals surface area contributed by atoms with Crippen molar-refractivity contribution >= 4 is 10.1 Å².